The lowest BCUT2D eigenvalue weighted by molar-refractivity contribution is 0.0935. The number of anilines is 1. The van der Waals surface area contributed by atoms with Crippen LogP contribution in [0.4, 0.5) is 5.95 Å². The maximum absolute atomic E-state index is 12.4. The summed E-state index contributed by atoms with van der Waals surface area (Å²) in [5.41, 5.74) is 1.40. The molecule has 2 atom stereocenters. The van der Waals surface area contributed by atoms with E-state index in [2.05, 4.69) is 20.6 Å². The van der Waals surface area contributed by atoms with Crippen LogP contribution in [0.25, 0.3) is 0 Å². The number of nitrogens with one attached hydrogen (secondary N) is 2. The Kier molecular flexibility index (Phi) is 5.38. The van der Waals surface area contributed by atoms with Crippen LogP contribution < -0.4 is 10.6 Å². The first-order valence-electron chi connectivity index (χ1n) is 8.26. The molecule has 126 valence electrons. The molecule has 0 spiro atoms. The summed E-state index contributed by atoms with van der Waals surface area (Å²) in [6.45, 7) is 3.42. The summed E-state index contributed by atoms with van der Waals surface area (Å²) in [4.78, 5) is 20.8. The number of rotatable bonds is 6. The molecular formula is C18H22N4O2. The van der Waals surface area contributed by atoms with E-state index in [1.165, 1.54) is 0 Å². The maximum atomic E-state index is 12.4. The molecule has 2 N–H and O–H groups in total. The third-order valence-electron chi connectivity index (χ3n) is 4.05. The van der Waals surface area contributed by atoms with Crippen LogP contribution in [0.3, 0.4) is 0 Å². The van der Waals surface area contributed by atoms with E-state index in [-0.39, 0.29) is 18.1 Å². The fourth-order valence-corrected chi connectivity index (χ4v) is 2.68. The summed E-state index contributed by atoms with van der Waals surface area (Å²) in [5.74, 6) is 0.236. The normalized spacial score (nSPS) is 18.1. The van der Waals surface area contributed by atoms with Crippen molar-refractivity contribution in [2.24, 2.45) is 0 Å². The van der Waals surface area contributed by atoms with Crippen LogP contribution in [0, 0.1) is 0 Å². The number of hydrogen-bond acceptors (Lipinski definition) is 5. The smallest absolute Gasteiger partial charge is 0.270 e. The third-order valence-corrected chi connectivity index (χ3v) is 4.05. The standard InChI is InChI=1S/C18H22N4O2/c1-13(14-6-3-2-4-7-14)21-17(23)16-9-10-19-18(22-16)20-12-15-8-5-11-24-15/h2-4,6-7,9-10,13,15H,5,8,11-12H2,1H3,(H,21,23)(H,19,20,22). The number of hydrogen-bond donors (Lipinski definition) is 2. The van der Waals surface area contributed by atoms with E-state index < -0.39 is 0 Å². The Morgan fingerprint density at radius 2 is 2.17 bits per heavy atom. The second-order valence-corrected chi connectivity index (χ2v) is 5.89. The zero-order valence-electron chi connectivity index (χ0n) is 13.7. The molecule has 0 radical (unpaired) electrons. The molecular weight excluding hydrogens is 304 g/mol. The predicted octanol–water partition coefficient (Wildman–Crippen LogP) is 2.56. The van der Waals surface area contributed by atoms with Gasteiger partial charge in [0.2, 0.25) is 5.95 Å². The van der Waals surface area contributed by atoms with Crippen molar-refractivity contribution >= 4 is 11.9 Å². The third kappa shape index (κ3) is 4.29. The molecule has 1 fully saturated rings. The van der Waals surface area contributed by atoms with Crippen molar-refractivity contribution < 1.29 is 9.53 Å². The highest BCUT2D eigenvalue weighted by Gasteiger charge is 2.16. The monoisotopic (exact) mass is 326 g/mol. The van der Waals surface area contributed by atoms with Gasteiger partial charge in [-0.2, -0.15) is 0 Å². The lowest BCUT2D eigenvalue weighted by Gasteiger charge is -2.14. The zero-order valence-corrected chi connectivity index (χ0v) is 13.7. The van der Waals surface area contributed by atoms with Gasteiger partial charge in [0.05, 0.1) is 12.1 Å². The second kappa shape index (κ2) is 7.88. The molecule has 1 aromatic heterocycles. The molecule has 1 aliphatic rings. The molecule has 2 unspecified atom stereocenters. The fourth-order valence-electron chi connectivity index (χ4n) is 2.68. The maximum Gasteiger partial charge on any atom is 0.270 e. The van der Waals surface area contributed by atoms with Gasteiger partial charge in [0.15, 0.2) is 0 Å². The summed E-state index contributed by atoms with van der Waals surface area (Å²) < 4.78 is 5.56. The van der Waals surface area contributed by atoms with Crippen LogP contribution in [0.15, 0.2) is 42.6 Å². The molecule has 2 aromatic rings. The van der Waals surface area contributed by atoms with Gasteiger partial charge < -0.3 is 15.4 Å². The number of carbonyl (C=O) groups is 1. The van der Waals surface area contributed by atoms with E-state index in [0.717, 1.165) is 25.0 Å². The molecule has 0 bridgehead atoms. The van der Waals surface area contributed by atoms with E-state index in [4.69, 9.17) is 4.74 Å². The van der Waals surface area contributed by atoms with Crippen molar-refractivity contribution in [1.82, 2.24) is 15.3 Å². The first-order valence-corrected chi connectivity index (χ1v) is 8.26. The summed E-state index contributed by atoms with van der Waals surface area (Å²) in [5, 5.41) is 6.09. The molecule has 0 saturated carbocycles. The van der Waals surface area contributed by atoms with Gasteiger partial charge in [-0.3, -0.25) is 4.79 Å². The Labute approximate surface area is 141 Å². The van der Waals surface area contributed by atoms with Gasteiger partial charge in [-0.25, -0.2) is 9.97 Å². The Morgan fingerprint density at radius 3 is 2.92 bits per heavy atom. The molecule has 1 aliphatic heterocycles. The van der Waals surface area contributed by atoms with Crippen molar-refractivity contribution in [2.45, 2.75) is 31.9 Å². The lowest BCUT2D eigenvalue weighted by atomic mass is 10.1. The van der Waals surface area contributed by atoms with E-state index in [1.807, 2.05) is 37.3 Å². The van der Waals surface area contributed by atoms with Crippen molar-refractivity contribution in [2.75, 3.05) is 18.5 Å². The molecule has 1 saturated heterocycles. The molecule has 1 aromatic carbocycles. The summed E-state index contributed by atoms with van der Waals surface area (Å²) in [6, 6.07) is 11.4. The molecule has 6 nitrogen and oxygen atoms in total. The predicted molar refractivity (Wildman–Crippen MR) is 91.8 cm³/mol. The van der Waals surface area contributed by atoms with Gasteiger partial charge >= 0.3 is 0 Å². The van der Waals surface area contributed by atoms with Crippen molar-refractivity contribution in [3.8, 4) is 0 Å². The second-order valence-electron chi connectivity index (χ2n) is 5.89. The Morgan fingerprint density at radius 1 is 1.33 bits per heavy atom. The van der Waals surface area contributed by atoms with E-state index >= 15 is 0 Å². The summed E-state index contributed by atoms with van der Waals surface area (Å²) >= 11 is 0. The first-order chi connectivity index (χ1) is 11.7. The Bertz CT molecular complexity index is 672. The highest BCUT2D eigenvalue weighted by Crippen LogP contribution is 2.14. The van der Waals surface area contributed by atoms with Gasteiger partial charge in [-0.1, -0.05) is 30.3 Å². The molecule has 3 rings (SSSR count). The Hall–Kier alpha value is -2.47. The van der Waals surface area contributed by atoms with Gasteiger partial charge in [0, 0.05) is 19.3 Å². The largest absolute Gasteiger partial charge is 0.376 e. The number of amides is 1. The minimum Gasteiger partial charge on any atom is -0.376 e. The van der Waals surface area contributed by atoms with Crippen molar-refractivity contribution in [3.05, 3.63) is 53.9 Å². The number of nitrogens with zero attached hydrogens (tertiary/aromatic N) is 2. The number of benzene rings is 1. The molecule has 0 aliphatic carbocycles. The van der Waals surface area contributed by atoms with E-state index in [1.54, 1.807) is 12.3 Å². The highest BCUT2D eigenvalue weighted by atomic mass is 16.5. The van der Waals surface area contributed by atoms with Gasteiger partial charge in [-0.15, -0.1) is 0 Å². The van der Waals surface area contributed by atoms with Gasteiger partial charge in [-0.05, 0) is 31.4 Å². The van der Waals surface area contributed by atoms with E-state index in [9.17, 15) is 4.79 Å². The SMILES string of the molecule is CC(NC(=O)c1ccnc(NCC2CCCO2)n1)c1ccccc1. The Balaban J connectivity index is 1.59. The molecule has 2 heterocycles. The molecule has 1 amide bonds. The van der Waals surface area contributed by atoms with Crippen LogP contribution >= 0.6 is 0 Å². The van der Waals surface area contributed by atoms with Gasteiger partial charge in [0.1, 0.15) is 5.69 Å². The van der Waals surface area contributed by atoms with Crippen LogP contribution in [-0.4, -0.2) is 35.1 Å². The fraction of sp³-hybridized carbons (Fsp3) is 0.389. The average Bonchev–Trinajstić information content (AvgIpc) is 3.14. The zero-order chi connectivity index (χ0) is 16.8. The minimum atomic E-state index is -0.214. The number of ether oxygens (including phenoxy) is 1. The number of carbonyl (C=O) groups excluding carboxylic acids is 1. The van der Waals surface area contributed by atoms with Crippen LogP contribution in [0.2, 0.25) is 0 Å². The van der Waals surface area contributed by atoms with Crippen LogP contribution in [-0.2, 0) is 4.74 Å². The quantitative estimate of drug-likeness (QED) is 0.853. The van der Waals surface area contributed by atoms with E-state index in [0.29, 0.717) is 18.2 Å². The summed E-state index contributed by atoms with van der Waals surface area (Å²) in [6.07, 6.45) is 3.92. The minimum absolute atomic E-state index is 0.0861. The van der Waals surface area contributed by atoms with Crippen LogP contribution in [0.5, 0.6) is 0 Å². The molecule has 6 heteroatoms. The van der Waals surface area contributed by atoms with Crippen molar-refractivity contribution in [1.29, 1.82) is 0 Å². The topological polar surface area (TPSA) is 76.1 Å². The van der Waals surface area contributed by atoms with Crippen molar-refractivity contribution in [3.63, 3.8) is 0 Å². The molecule has 24 heavy (non-hydrogen) atoms. The first kappa shape index (κ1) is 16.4. The summed E-state index contributed by atoms with van der Waals surface area (Å²) in [7, 11) is 0. The van der Waals surface area contributed by atoms with Crippen LogP contribution in [0.1, 0.15) is 41.9 Å². The lowest BCUT2D eigenvalue weighted by Crippen LogP contribution is -2.28. The van der Waals surface area contributed by atoms with Gasteiger partial charge in [0.25, 0.3) is 5.91 Å². The number of aromatic nitrogens is 2. The average molecular weight is 326 g/mol. The highest BCUT2D eigenvalue weighted by molar-refractivity contribution is 5.92.